The lowest BCUT2D eigenvalue weighted by molar-refractivity contribution is 0.102. The Bertz CT molecular complexity index is 1100. The van der Waals surface area contributed by atoms with E-state index in [4.69, 9.17) is 9.47 Å². The molecular weight excluding hydrogens is 378 g/mol. The first-order valence-electron chi connectivity index (χ1n) is 8.52. The van der Waals surface area contributed by atoms with Gasteiger partial charge in [-0.05, 0) is 37.6 Å². The van der Waals surface area contributed by atoms with Crippen molar-refractivity contribution in [3.8, 4) is 22.1 Å². The molecule has 0 aliphatic rings. The molecule has 0 unspecified atom stereocenters. The zero-order chi connectivity index (χ0) is 20.4. The van der Waals surface area contributed by atoms with E-state index in [1.807, 2.05) is 12.1 Å². The minimum absolute atomic E-state index is 0.125. The van der Waals surface area contributed by atoms with Crippen molar-refractivity contribution in [2.24, 2.45) is 7.05 Å². The van der Waals surface area contributed by atoms with Crippen LogP contribution in [-0.2, 0) is 7.05 Å². The first kappa shape index (κ1) is 19.6. The summed E-state index contributed by atoms with van der Waals surface area (Å²) < 4.78 is 12.0. The predicted octanol–water partition coefficient (Wildman–Crippen LogP) is 3.40. The molecule has 0 bridgehead atoms. The number of pyridine rings is 1. The van der Waals surface area contributed by atoms with Gasteiger partial charge in [-0.2, -0.15) is 0 Å². The Morgan fingerprint density at radius 2 is 1.86 bits per heavy atom. The Labute approximate surface area is 166 Å². The minimum atomic E-state index is -0.261. The van der Waals surface area contributed by atoms with Crippen molar-refractivity contribution < 1.29 is 14.3 Å². The maximum absolute atomic E-state index is 12.8. The van der Waals surface area contributed by atoms with Crippen LogP contribution in [0, 0.1) is 13.8 Å². The van der Waals surface area contributed by atoms with Crippen LogP contribution in [0.3, 0.4) is 0 Å². The third-order valence-corrected chi connectivity index (χ3v) is 5.52. The number of thiazole rings is 1. The lowest BCUT2D eigenvalue weighted by atomic mass is 10.2. The Morgan fingerprint density at radius 1 is 1.14 bits per heavy atom. The van der Waals surface area contributed by atoms with Crippen molar-refractivity contribution >= 4 is 22.9 Å². The van der Waals surface area contributed by atoms with E-state index in [-0.39, 0.29) is 11.5 Å². The van der Waals surface area contributed by atoms with Crippen LogP contribution >= 0.6 is 11.3 Å². The van der Waals surface area contributed by atoms with E-state index in [9.17, 15) is 9.59 Å². The van der Waals surface area contributed by atoms with Crippen molar-refractivity contribution in [3.63, 3.8) is 0 Å². The Hall–Kier alpha value is -3.13. The number of methoxy groups -OCH3 is 2. The molecule has 0 atom stereocenters. The highest BCUT2D eigenvalue weighted by Crippen LogP contribution is 2.35. The van der Waals surface area contributed by atoms with Crippen molar-refractivity contribution in [3.05, 3.63) is 57.0 Å². The smallest absolute Gasteiger partial charge is 0.267 e. The zero-order valence-corrected chi connectivity index (χ0v) is 17.1. The number of anilines is 1. The molecule has 1 amide bonds. The fourth-order valence-electron chi connectivity index (χ4n) is 2.73. The zero-order valence-electron chi connectivity index (χ0n) is 16.3. The molecule has 2 heterocycles. The van der Waals surface area contributed by atoms with Crippen LogP contribution in [0.25, 0.3) is 10.6 Å². The van der Waals surface area contributed by atoms with Crippen LogP contribution < -0.4 is 20.3 Å². The molecule has 0 fully saturated rings. The molecule has 8 heteroatoms. The summed E-state index contributed by atoms with van der Waals surface area (Å²) in [7, 11) is 4.79. The largest absolute Gasteiger partial charge is 0.493 e. The van der Waals surface area contributed by atoms with E-state index in [1.54, 1.807) is 47.4 Å². The maximum atomic E-state index is 12.8. The number of nitrogens with one attached hydrogen (secondary N) is 1. The van der Waals surface area contributed by atoms with Crippen LogP contribution in [0.5, 0.6) is 11.5 Å². The number of ether oxygens (including phenoxy) is 2. The Balaban J connectivity index is 1.91. The molecule has 0 saturated carbocycles. The first-order chi connectivity index (χ1) is 13.3. The maximum Gasteiger partial charge on any atom is 0.267 e. The molecule has 1 aromatic carbocycles. The van der Waals surface area contributed by atoms with Gasteiger partial charge >= 0.3 is 0 Å². The van der Waals surface area contributed by atoms with Crippen molar-refractivity contribution in [1.29, 1.82) is 0 Å². The molecule has 0 spiro atoms. The number of amides is 1. The number of carbonyl (C=O) groups is 1. The minimum Gasteiger partial charge on any atom is -0.493 e. The van der Waals surface area contributed by atoms with Gasteiger partial charge in [0, 0.05) is 24.9 Å². The summed E-state index contributed by atoms with van der Waals surface area (Å²) in [6, 6.07) is 7.00. The van der Waals surface area contributed by atoms with Crippen LogP contribution in [0.2, 0.25) is 0 Å². The number of carbonyl (C=O) groups excluding carboxylic acids is 1. The third kappa shape index (κ3) is 3.77. The second kappa shape index (κ2) is 7.85. The number of aryl methyl sites for hydroxylation is 3. The van der Waals surface area contributed by atoms with Crippen LogP contribution in [-0.4, -0.2) is 29.7 Å². The third-order valence-electron chi connectivity index (χ3n) is 4.32. The van der Waals surface area contributed by atoms with E-state index in [2.05, 4.69) is 10.3 Å². The number of rotatable bonds is 5. The lowest BCUT2D eigenvalue weighted by Crippen LogP contribution is -2.19. The van der Waals surface area contributed by atoms with Crippen LogP contribution in [0.4, 0.5) is 5.69 Å². The summed E-state index contributed by atoms with van der Waals surface area (Å²) in [5.41, 5.74) is 2.64. The van der Waals surface area contributed by atoms with E-state index < -0.39 is 0 Å². The second-order valence-corrected chi connectivity index (χ2v) is 7.28. The van der Waals surface area contributed by atoms with E-state index in [0.717, 1.165) is 5.56 Å². The summed E-state index contributed by atoms with van der Waals surface area (Å²) in [6.45, 7) is 3.58. The van der Waals surface area contributed by atoms with E-state index in [1.165, 1.54) is 22.0 Å². The summed E-state index contributed by atoms with van der Waals surface area (Å²) in [6.07, 6.45) is 1.61. The molecule has 0 radical (unpaired) electrons. The van der Waals surface area contributed by atoms with Crippen molar-refractivity contribution in [2.75, 3.05) is 19.5 Å². The highest BCUT2D eigenvalue weighted by Gasteiger charge is 2.18. The monoisotopic (exact) mass is 399 g/mol. The highest BCUT2D eigenvalue weighted by atomic mass is 32.1. The molecule has 146 valence electrons. The lowest BCUT2D eigenvalue weighted by Gasteiger charge is -2.09. The summed E-state index contributed by atoms with van der Waals surface area (Å²) >= 11 is 1.30. The fraction of sp³-hybridized carbons (Fsp3) is 0.250. The number of hydrogen-bond acceptors (Lipinski definition) is 6. The SMILES string of the molecule is COc1ccc(-c2nc(C)c(C(=O)Nc3cn(C)c(=O)cc3C)s2)cc1OC. The normalized spacial score (nSPS) is 10.6. The topological polar surface area (TPSA) is 82.5 Å². The fourth-order valence-corrected chi connectivity index (χ4v) is 3.69. The van der Waals surface area contributed by atoms with E-state index in [0.29, 0.717) is 38.3 Å². The molecule has 28 heavy (non-hydrogen) atoms. The van der Waals surface area contributed by atoms with Crippen LogP contribution in [0.15, 0.2) is 35.3 Å². The van der Waals surface area contributed by atoms with Gasteiger partial charge in [-0.1, -0.05) is 0 Å². The van der Waals surface area contributed by atoms with Crippen molar-refractivity contribution in [1.82, 2.24) is 9.55 Å². The average Bonchev–Trinajstić information content (AvgIpc) is 3.07. The van der Waals surface area contributed by atoms with Gasteiger partial charge in [-0.15, -0.1) is 11.3 Å². The summed E-state index contributed by atoms with van der Waals surface area (Å²) in [5, 5.41) is 3.58. The van der Waals surface area contributed by atoms with Gasteiger partial charge < -0.3 is 19.4 Å². The van der Waals surface area contributed by atoms with Crippen molar-refractivity contribution in [2.45, 2.75) is 13.8 Å². The van der Waals surface area contributed by atoms with Gasteiger partial charge in [0.15, 0.2) is 11.5 Å². The van der Waals surface area contributed by atoms with Gasteiger partial charge in [-0.25, -0.2) is 4.98 Å². The number of hydrogen-bond donors (Lipinski definition) is 1. The Kier molecular flexibility index (Phi) is 5.51. The number of benzene rings is 1. The average molecular weight is 399 g/mol. The van der Waals surface area contributed by atoms with Gasteiger partial charge in [-0.3, -0.25) is 9.59 Å². The number of aromatic nitrogens is 2. The number of nitrogens with zero attached hydrogens (tertiary/aromatic N) is 2. The predicted molar refractivity (Wildman–Crippen MR) is 110 cm³/mol. The molecule has 3 rings (SSSR count). The quantitative estimate of drug-likeness (QED) is 0.711. The molecular formula is C20H21N3O4S. The van der Waals surface area contributed by atoms with Gasteiger partial charge in [0.2, 0.25) is 0 Å². The standard InChI is InChI=1S/C20H21N3O4S/c1-11-8-17(24)23(3)10-14(11)22-19(25)18-12(2)21-20(28-18)13-6-7-15(26-4)16(9-13)27-5/h6-10H,1-5H3,(H,22,25). The van der Waals surface area contributed by atoms with Gasteiger partial charge in [0.25, 0.3) is 11.5 Å². The molecule has 3 aromatic rings. The van der Waals surface area contributed by atoms with Gasteiger partial charge in [0.1, 0.15) is 9.88 Å². The molecule has 0 aliphatic heterocycles. The highest BCUT2D eigenvalue weighted by molar-refractivity contribution is 7.17. The Morgan fingerprint density at radius 3 is 2.54 bits per heavy atom. The van der Waals surface area contributed by atoms with E-state index >= 15 is 0 Å². The van der Waals surface area contributed by atoms with Crippen LogP contribution in [0.1, 0.15) is 20.9 Å². The molecule has 0 aliphatic carbocycles. The van der Waals surface area contributed by atoms with Gasteiger partial charge in [0.05, 0.1) is 25.6 Å². The second-order valence-electron chi connectivity index (χ2n) is 6.28. The molecule has 0 saturated heterocycles. The summed E-state index contributed by atoms with van der Waals surface area (Å²) in [4.78, 5) is 29.5. The summed E-state index contributed by atoms with van der Waals surface area (Å²) in [5.74, 6) is 0.964. The molecule has 2 aromatic heterocycles. The first-order valence-corrected chi connectivity index (χ1v) is 9.34. The molecule has 1 N–H and O–H groups in total. The molecule has 7 nitrogen and oxygen atoms in total.